The lowest BCUT2D eigenvalue weighted by atomic mass is 10.00. The number of amides is 1. The Balaban J connectivity index is 2.53. The van der Waals surface area contributed by atoms with E-state index < -0.39 is 0 Å². The minimum atomic E-state index is -0.297. The zero-order valence-electron chi connectivity index (χ0n) is 11.7. The smallest absolute Gasteiger partial charge is 0.410 e. The van der Waals surface area contributed by atoms with Crippen molar-refractivity contribution >= 4 is 6.09 Å². The molecule has 1 aliphatic rings. The second kappa shape index (κ2) is 7.59. The van der Waals surface area contributed by atoms with E-state index in [0.29, 0.717) is 25.6 Å². The Morgan fingerprint density at radius 1 is 1.56 bits per heavy atom. The highest BCUT2D eigenvalue weighted by molar-refractivity contribution is 5.68. The molecule has 1 fully saturated rings. The summed E-state index contributed by atoms with van der Waals surface area (Å²) in [5.41, 5.74) is 0. The molecule has 2 atom stereocenters. The molecule has 5 nitrogen and oxygen atoms in total. The number of aliphatic hydroxyl groups excluding tert-OH is 1. The number of nitrogens with zero attached hydrogens (tertiary/aromatic N) is 1. The van der Waals surface area contributed by atoms with Crippen LogP contribution in [0, 0.1) is 5.92 Å². The van der Waals surface area contributed by atoms with E-state index in [0.717, 1.165) is 12.8 Å². The van der Waals surface area contributed by atoms with Crippen LogP contribution in [0.15, 0.2) is 0 Å². The molecule has 18 heavy (non-hydrogen) atoms. The van der Waals surface area contributed by atoms with Crippen molar-refractivity contribution in [2.24, 2.45) is 5.92 Å². The van der Waals surface area contributed by atoms with Gasteiger partial charge in [-0.1, -0.05) is 27.2 Å². The largest absolute Gasteiger partial charge is 0.449 e. The Kier molecular flexibility index (Phi) is 6.43. The van der Waals surface area contributed by atoms with Crippen molar-refractivity contribution in [3.63, 3.8) is 0 Å². The van der Waals surface area contributed by atoms with Crippen LogP contribution >= 0.6 is 0 Å². The SMILES string of the molecule is CCCCOC(=O)N1CC(C(C)C)NCC1CO. The molecule has 0 aromatic rings. The van der Waals surface area contributed by atoms with Crippen LogP contribution in [-0.4, -0.2) is 54.5 Å². The lowest BCUT2D eigenvalue weighted by Crippen LogP contribution is -2.60. The highest BCUT2D eigenvalue weighted by Crippen LogP contribution is 2.14. The summed E-state index contributed by atoms with van der Waals surface area (Å²) in [6.45, 7) is 7.97. The van der Waals surface area contributed by atoms with Gasteiger partial charge in [0.1, 0.15) is 0 Å². The molecule has 106 valence electrons. The fraction of sp³-hybridized carbons (Fsp3) is 0.923. The minimum absolute atomic E-state index is 0.0271. The summed E-state index contributed by atoms with van der Waals surface area (Å²) in [6.07, 6.45) is 1.59. The van der Waals surface area contributed by atoms with Crippen LogP contribution in [0.2, 0.25) is 0 Å². The Labute approximate surface area is 109 Å². The second-order valence-electron chi connectivity index (χ2n) is 5.22. The number of ether oxygens (including phenoxy) is 1. The summed E-state index contributed by atoms with van der Waals surface area (Å²) >= 11 is 0. The summed E-state index contributed by atoms with van der Waals surface area (Å²) < 4.78 is 5.23. The number of carbonyl (C=O) groups is 1. The molecule has 1 saturated heterocycles. The van der Waals surface area contributed by atoms with Crippen LogP contribution in [0.1, 0.15) is 33.6 Å². The topological polar surface area (TPSA) is 61.8 Å². The number of nitrogens with one attached hydrogen (secondary N) is 1. The highest BCUT2D eigenvalue weighted by Gasteiger charge is 2.32. The summed E-state index contributed by atoms with van der Waals surface area (Å²) in [5.74, 6) is 0.454. The van der Waals surface area contributed by atoms with E-state index in [-0.39, 0.29) is 24.8 Å². The van der Waals surface area contributed by atoms with E-state index >= 15 is 0 Å². The molecule has 2 unspecified atom stereocenters. The molecule has 0 aromatic heterocycles. The first-order valence-electron chi connectivity index (χ1n) is 6.87. The third-order valence-corrected chi connectivity index (χ3v) is 3.42. The van der Waals surface area contributed by atoms with Gasteiger partial charge in [0.25, 0.3) is 0 Å². The van der Waals surface area contributed by atoms with Gasteiger partial charge in [0.2, 0.25) is 0 Å². The van der Waals surface area contributed by atoms with E-state index in [1.807, 2.05) is 0 Å². The molecule has 1 rings (SSSR count). The summed E-state index contributed by atoms with van der Waals surface area (Å²) in [4.78, 5) is 13.6. The quantitative estimate of drug-likeness (QED) is 0.728. The molecular formula is C13H26N2O3. The number of carbonyl (C=O) groups excluding carboxylic acids is 1. The van der Waals surface area contributed by atoms with Crippen LogP contribution in [0.3, 0.4) is 0 Å². The van der Waals surface area contributed by atoms with E-state index in [4.69, 9.17) is 4.74 Å². The van der Waals surface area contributed by atoms with Gasteiger partial charge in [0, 0.05) is 19.1 Å². The number of piperazine rings is 1. The molecule has 5 heteroatoms. The molecule has 0 aliphatic carbocycles. The molecule has 2 N–H and O–H groups in total. The second-order valence-corrected chi connectivity index (χ2v) is 5.22. The predicted octanol–water partition coefficient (Wildman–Crippen LogP) is 1.21. The molecular weight excluding hydrogens is 232 g/mol. The molecule has 0 radical (unpaired) electrons. The van der Waals surface area contributed by atoms with Crippen LogP contribution < -0.4 is 5.32 Å². The zero-order valence-corrected chi connectivity index (χ0v) is 11.7. The van der Waals surface area contributed by atoms with Gasteiger partial charge in [-0.25, -0.2) is 4.79 Å². The fourth-order valence-electron chi connectivity index (χ4n) is 2.04. The first-order valence-corrected chi connectivity index (χ1v) is 6.87. The third kappa shape index (κ3) is 4.14. The van der Waals surface area contributed by atoms with Crippen LogP contribution in [0.25, 0.3) is 0 Å². The van der Waals surface area contributed by atoms with Crippen molar-refractivity contribution < 1.29 is 14.6 Å². The summed E-state index contributed by atoms with van der Waals surface area (Å²) in [5, 5.41) is 12.7. The maximum Gasteiger partial charge on any atom is 0.410 e. The molecule has 1 amide bonds. The average Bonchev–Trinajstić information content (AvgIpc) is 2.38. The van der Waals surface area contributed by atoms with E-state index in [1.54, 1.807) is 4.90 Å². The van der Waals surface area contributed by atoms with Crippen LogP contribution in [-0.2, 0) is 4.74 Å². The molecule has 0 aromatic carbocycles. The first kappa shape index (κ1) is 15.2. The first-order chi connectivity index (χ1) is 8.60. The average molecular weight is 258 g/mol. The van der Waals surface area contributed by atoms with Gasteiger partial charge in [-0.2, -0.15) is 0 Å². The van der Waals surface area contributed by atoms with Crippen molar-refractivity contribution in [2.45, 2.75) is 45.7 Å². The Morgan fingerprint density at radius 3 is 2.83 bits per heavy atom. The minimum Gasteiger partial charge on any atom is -0.449 e. The third-order valence-electron chi connectivity index (χ3n) is 3.42. The summed E-state index contributed by atoms with van der Waals surface area (Å²) in [6, 6.07) is 0.0978. The van der Waals surface area contributed by atoms with Gasteiger partial charge in [-0.15, -0.1) is 0 Å². The van der Waals surface area contributed by atoms with Crippen LogP contribution in [0.5, 0.6) is 0 Å². The number of aliphatic hydroxyl groups is 1. The number of rotatable bonds is 5. The monoisotopic (exact) mass is 258 g/mol. The number of hydrogen-bond donors (Lipinski definition) is 2. The maximum absolute atomic E-state index is 12.0. The van der Waals surface area contributed by atoms with E-state index in [1.165, 1.54) is 0 Å². The maximum atomic E-state index is 12.0. The molecule has 0 bridgehead atoms. The van der Waals surface area contributed by atoms with Gasteiger partial charge < -0.3 is 20.1 Å². The van der Waals surface area contributed by atoms with Gasteiger partial charge in [-0.3, -0.25) is 0 Å². The molecule has 0 saturated carbocycles. The number of hydrogen-bond acceptors (Lipinski definition) is 4. The predicted molar refractivity (Wildman–Crippen MR) is 70.5 cm³/mol. The Hall–Kier alpha value is -0.810. The van der Waals surface area contributed by atoms with Crippen LogP contribution in [0.4, 0.5) is 4.79 Å². The normalized spacial score (nSPS) is 24.4. The molecule has 1 aliphatic heterocycles. The molecule has 0 spiro atoms. The van der Waals surface area contributed by atoms with Crippen molar-refractivity contribution in [3.05, 3.63) is 0 Å². The zero-order chi connectivity index (χ0) is 13.5. The fourth-order valence-corrected chi connectivity index (χ4v) is 2.04. The highest BCUT2D eigenvalue weighted by atomic mass is 16.6. The van der Waals surface area contributed by atoms with Gasteiger partial charge >= 0.3 is 6.09 Å². The van der Waals surface area contributed by atoms with Crippen molar-refractivity contribution in [3.8, 4) is 0 Å². The standard InChI is InChI=1S/C13H26N2O3/c1-4-5-6-18-13(17)15-8-12(10(2)3)14-7-11(15)9-16/h10-12,14,16H,4-9H2,1-3H3. The van der Waals surface area contributed by atoms with E-state index in [9.17, 15) is 9.90 Å². The Morgan fingerprint density at radius 2 is 2.28 bits per heavy atom. The number of unbranched alkanes of at least 4 members (excludes halogenated alkanes) is 1. The van der Waals surface area contributed by atoms with Gasteiger partial charge in [-0.05, 0) is 12.3 Å². The van der Waals surface area contributed by atoms with Crippen molar-refractivity contribution in [1.29, 1.82) is 0 Å². The lowest BCUT2D eigenvalue weighted by Gasteiger charge is -2.40. The lowest BCUT2D eigenvalue weighted by molar-refractivity contribution is 0.0431. The van der Waals surface area contributed by atoms with E-state index in [2.05, 4.69) is 26.1 Å². The molecule has 1 heterocycles. The Bertz CT molecular complexity index is 259. The van der Waals surface area contributed by atoms with Crippen molar-refractivity contribution in [1.82, 2.24) is 10.2 Å². The van der Waals surface area contributed by atoms with Gasteiger partial charge in [0.05, 0.1) is 19.3 Å². The van der Waals surface area contributed by atoms with Gasteiger partial charge in [0.15, 0.2) is 0 Å². The summed E-state index contributed by atoms with van der Waals surface area (Å²) in [7, 11) is 0. The van der Waals surface area contributed by atoms with Crippen molar-refractivity contribution in [2.75, 3.05) is 26.3 Å².